The molecule has 0 aliphatic rings. The average molecular weight is 536 g/mol. The Balaban J connectivity index is 1.61. The van der Waals surface area contributed by atoms with Crippen LogP contribution in [0.5, 0.6) is 0 Å². The maximum Gasteiger partial charge on any atom is 0.337 e. The molecular formula is C23H23Cl2N5O4S. The van der Waals surface area contributed by atoms with E-state index in [0.717, 1.165) is 11.8 Å². The second-order valence-electron chi connectivity index (χ2n) is 7.73. The van der Waals surface area contributed by atoms with Crippen LogP contribution in [-0.4, -0.2) is 45.8 Å². The second-order valence-corrected chi connectivity index (χ2v) is 9.52. The minimum atomic E-state index is -0.492. The van der Waals surface area contributed by atoms with E-state index in [2.05, 4.69) is 30.6 Å². The van der Waals surface area contributed by atoms with Crippen molar-refractivity contribution >= 4 is 58.4 Å². The first-order valence-electron chi connectivity index (χ1n) is 10.5. The number of thioether (sulfide) groups is 1. The summed E-state index contributed by atoms with van der Waals surface area (Å²) in [5, 5.41) is 13.6. The van der Waals surface area contributed by atoms with Gasteiger partial charge in [0.05, 0.1) is 35.1 Å². The van der Waals surface area contributed by atoms with Gasteiger partial charge in [-0.2, -0.15) is 0 Å². The van der Waals surface area contributed by atoms with Gasteiger partial charge >= 0.3 is 5.97 Å². The zero-order valence-corrected chi connectivity index (χ0v) is 21.4. The van der Waals surface area contributed by atoms with E-state index >= 15 is 0 Å². The fourth-order valence-electron chi connectivity index (χ4n) is 3.07. The number of carbonyl (C=O) groups excluding carboxylic acids is 3. The van der Waals surface area contributed by atoms with E-state index in [1.807, 2.05) is 13.8 Å². The Bertz CT molecular complexity index is 1230. The molecule has 1 heterocycles. The summed E-state index contributed by atoms with van der Waals surface area (Å²) >= 11 is 13.2. The number of esters is 1. The van der Waals surface area contributed by atoms with Crippen LogP contribution in [-0.2, 0) is 9.53 Å². The SMILES string of the molecule is COC(=O)c1cccc(NC(=O)CSc2n[nH]c([C@H](NC(=O)c3ccc(Cl)cc3Cl)C(C)C)n2)c1. The predicted molar refractivity (Wildman–Crippen MR) is 135 cm³/mol. The molecule has 0 saturated carbocycles. The number of rotatable bonds is 9. The highest BCUT2D eigenvalue weighted by Crippen LogP contribution is 2.25. The van der Waals surface area contributed by atoms with Crippen molar-refractivity contribution in [2.75, 3.05) is 18.2 Å². The Morgan fingerprint density at radius 1 is 1.14 bits per heavy atom. The van der Waals surface area contributed by atoms with E-state index in [9.17, 15) is 14.4 Å². The lowest BCUT2D eigenvalue weighted by Gasteiger charge is -2.20. The van der Waals surface area contributed by atoms with Gasteiger partial charge in [0.1, 0.15) is 5.82 Å². The van der Waals surface area contributed by atoms with Crippen molar-refractivity contribution in [3.8, 4) is 0 Å². The first-order chi connectivity index (χ1) is 16.7. The Morgan fingerprint density at radius 2 is 1.91 bits per heavy atom. The predicted octanol–water partition coefficient (Wildman–Crippen LogP) is 4.76. The lowest BCUT2D eigenvalue weighted by atomic mass is 10.0. The number of nitrogens with zero attached hydrogens (tertiary/aromatic N) is 2. The van der Waals surface area contributed by atoms with Gasteiger partial charge in [0.15, 0.2) is 0 Å². The highest BCUT2D eigenvalue weighted by Gasteiger charge is 2.24. The summed E-state index contributed by atoms with van der Waals surface area (Å²) in [4.78, 5) is 41.2. The molecule has 12 heteroatoms. The highest BCUT2D eigenvalue weighted by atomic mass is 35.5. The van der Waals surface area contributed by atoms with Crippen LogP contribution in [0.2, 0.25) is 10.0 Å². The Kier molecular flexibility index (Phi) is 9.13. The lowest BCUT2D eigenvalue weighted by molar-refractivity contribution is -0.113. The van der Waals surface area contributed by atoms with Gasteiger partial charge in [-0.25, -0.2) is 9.78 Å². The summed E-state index contributed by atoms with van der Waals surface area (Å²) in [6, 6.07) is 10.6. The van der Waals surface area contributed by atoms with Crippen LogP contribution in [0.25, 0.3) is 0 Å². The number of benzene rings is 2. The van der Waals surface area contributed by atoms with E-state index in [0.29, 0.717) is 32.8 Å². The van der Waals surface area contributed by atoms with E-state index in [4.69, 9.17) is 23.2 Å². The third-order valence-electron chi connectivity index (χ3n) is 4.81. The summed E-state index contributed by atoms with van der Waals surface area (Å²) in [6.07, 6.45) is 0. The fraction of sp³-hybridized carbons (Fsp3) is 0.261. The molecule has 9 nitrogen and oxygen atoms in total. The van der Waals surface area contributed by atoms with Crippen molar-refractivity contribution in [1.29, 1.82) is 0 Å². The van der Waals surface area contributed by atoms with Crippen LogP contribution < -0.4 is 10.6 Å². The number of nitrogens with one attached hydrogen (secondary N) is 3. The standard InChI is InChI=1S/C23H23Cl2N5O4S/c1-12(2)19(27-21(32)16-8-7-14(24)10-17(16)25)20-28-23(30-29-20)35-11-18(31)26-15-6-4-5-13(9-15)22(33)34-3/h4-10,12,19H,11H2,1-3H3,(H,26,31)(H,27,32)(H,28,29,30)/t19-/m1/s1. The van der Waals surface area contributed by atoms with Crippen molar-refractivity contribution in [3.05, 3.63) is 69.5 Å². The molecule has 184 valence electrons. The minimum absolute atomic E-state index is 0.0128. The molecule has 1 atom stereocenters. The first-order valence-corrected chi connectivity index (χ1v) is 12.2. The van der Waals surface area contributed by atoms with Crippen LogP contribution >= 0.6 is 35.0 Å². The number of aromatic amines is 1. The van der Waals surface area contributed by atoms with Crippen LogP contribution in [0.15, 0.2) is 47.6 Å². The Morgan fingerprint density at radius 3 is 2.60 bits per heavy atom. The van der Waals surface area contributed by atoms with Gasteiger partial charge in [0.25, 0.3) is 5.91 Å². The maximum atomic E-state index is 12.8. The molecule has 0 unspecified atom stereocenters. The minimum Gasteiger partial charge on any atom is -0.465 e. The molecule has 0 saturated heterocycles. The number of H-pyrrole nitrogens is 1. The lowest BCUT2D eigenvalue weighted by Crippen LogP contribution is -2.32. The quantitative estimate of drug-likeness (QED) is 0.266. The number of carbonyl (C=O) groups is 3. The molecule has 3 rings (SSSR count). The van der Waals surface area contributed by atoms with Gasteiger partial charge < -0.3 is 15.4 Å². The smallest absolute Gasteiger partial charge is 0.337 e. The molecule has 35 heavy (non-hydrogen) atoms. The third-order valence-corrected chi connectivity index (χ3v) is 6.20. The van der Waals surface area contributed by atoms with E-state index in [1.165, 1.54) is 19.2 Å². The molecule has 0 radical (unpaired) electrons. The number of hydrogen-bond acceptors (Lipinski definition) is 7. The molecule has 3 aromatic rings. The topological polar surface area (TPSA) is 126 Å². The van der Waals surface area contributed by atoms with Crippen LogP contribution in [0.4, 0.5) is 5.69 Å². The van der Waals surface area contributed by atoms with Crippen molar-refractivity contribution in [2.45, 2.75) is 25.0 Å². The molecule has 0 aliphatic heterocycles. The van der Waals surface area contributed by atoms with Crippen molar-refractivity contribution in [3.63, 3.8) is 0 Å². The van der Waals surface area contributed by atoms with Crippen molar-refractivity contribution < 1.29 is 19.1 Å². The number of methoxy groups -OCH3 is 1. The van der Waals surface area contributed by atoms with Crippen LogP contribution in [0.1, 0.15) is 46.4 Å². The zero-order chi connectivity index (χ0) is 25.5. The van der Waals surface area contributed by atoms with E-state index in [-0.39, 0.29) is 28.5 Å². The van der Waals surface area contributed by atoms with Crippen LogP contribution in [0, 0.1) is 5.92 Å². The summed E-state index contributed by atoms with van der Waals surface area (Å²) < 4.78 is 4.69. The molecule has 1 aromatic heterocycles. The Labute approximate surface area is 216 Å². The van der Waals surface area contributed by atoms with Gasteiger partial charge in [-0.3, -0.25) is 14.7 Å². The van der Waals surface area contributed by atoms with Gasteiger partial charge in [0.2, 0.25) is 11.1 Å². The molecular weight excluding hydrogens is 513 g/mol. The number of amides is 2. The second kappa shape index (κ2) is 12.1. The summed E-state index contributed by atoms with van der Waals surface area (Å²) in [5.41, 5.74) is 1.10. The van der Waals surface area contributed by atoms with E-state index < -0.39 is 12.0 Å². The zero-order valence-electron chi connectivity index (χ0n) is 19.1. The van der Waals surface area contributed by atoms with Gasteiger partial charge in [-0.05, 0) is 42.3 Å². The number of hydrogen-bond donors (Lipinski definition) is 3. The number of anilines is 1. The largest absolute Gasteiger partial charge is 0.465 e. The summed E-state index contributed by atoms with van der Waals surface area (Å²) in [6.45, 7) is 3.86. The molecule has 0 bridgehead atoms. The van der Waals surface area contributed by atoms with Gasteiger partial charge in [-0.15, -0.1) is 5.10 Å². The number of halogens is 2. The monoisotopic (exact) mass is 535 g/mol. The van der Waals surface area contributed by atoms with Crippen molar-refractivity contribution in [1.82, 2.24) is 20.5 Å². The summed E-state index contributed by atoms with van der Waals surface area (Å²) in [7, 11) is 1.29. The molecule has 0 spiro atoms. The summed E-state index contributed by atoms with van der Waals surface area (Å²) in [5.74, 6) is -0.681. The third kappa shape index (κ3) is 7.20. The number of aromatic nitrogens is 3. The number of ether oxygens (including phenoxy) is 1. The van der Waals surface area contributed by atoms with Gasteiger partial charge in [-0.1, -0.05) is 54.9 Å². The molecule has 3 N–H and O–H groups in total. The fourth-order valence-corrected chi connectivity index (χ4v) is 4.17. The average Bonchev–Trinajstić information content (AvgIpc) is 3.29. The highest BCUT2D eigenvalue weighted by molar-refractivity contribution is 7.99. The molecule has 2 aromatic carbocycles. The van der Waals surface area contributed by atoms with Crippen molar-refractivity contribution in [2.24, 2.45) is 5.92 Å². The molecule has 0 aliphatic carbocycles. The Hall–Kier alpha value is -3.08. The molecule has 2 amide bonds. The van der Waals surface area contributed by atoms with E-state index in [1.54, 1.807) is 30.3 Å². The van der Waals surface area contributed by atoms with Crippen LogP contribution in [0.3, 0.4) is 0 Å². The first kappa shape index (κ1) is 26.5. The normalized spacial score (nSPS) is 11.7. The maximum absolute atomic E-state index is 12.8. The van der Waals surface area contributed by atoms with Gasteiger partial charge in [0, 0.05) is 10.7 Å². The molecule has 0 fully saturated rings.